The lowest BCUT2D eigenvalue weighted by Gasteiger charge is -2.41. The molecule has 1 aliphatic rings. The van der Waals surface area contributed by atoms with Crippen molar-refractivity contribution in [3.63, 3.8) is 0 Å². The van der Waals surface area contributed by atoms with Crippen molar-refractivity contribution in [2.24, 2.45) is 0 Å². The minimum atomic E-state index is -0.507. The van der Waals surface area contributed by atoms with E-state index in [1.807, 2.05) is 31.2 Å². The Balaban J connectivity index is 1.69. The summed E-state index contributed by atoms with van der Waals surface area (Å²) in [6.45, 7) is 3.60. The summed E-state index contributed by atoms with van der Waals surface area (Å²) in [4.78, 5) is 14.3. The Morgan fingerprint density at radius 2 is 2.25 bits per heavy atom. The van der Waals surface area contributed by atoms with E-state index in [-0.39, 0.29) is 5.91 Å². The zero-order valence-corrected chi connectivity index (χ0v) is 14.0. The number of nitrogens with zero attached hydrogens (tertiary/aromatic N) is 2. The number of rotatable bonds is 5. The highest BCUT2D eigenvalue weighted by molar-refractivity contribution is 5.93. The van der Waals surface area contributed by atoms with Crippen LogP contribution in [0, 0.1) is 6.92 Å². The quantitative estimate of drug-likeness (QED) is 0.843. The molecule has 6 heteroatoms. The monoisotopic (exact) mass is 330 g/mol. The van der Waals surface area contributed by atoms with Crippen LogP contribution in [0.4, 0.5) is 0 Å². The Morgan fingerprint density at radius 1 is 1.42 bits per heavy atom. The first-order valence-electron chi connectivity index (χ1n) is 8.06. The zero-order chi connectivity index (χ0) is 17.0. The fraction of sp³-hybridized carbons (Fsp3) is 0.444. The van der Waals surface area contributed by atoms with E-state index in [4.69, 9.17) is 14.0 Å². The molecule has 1 saturated heterocycles. The Bertz CT molecular complexity index is 686. The van der Waals surface area contributed by atoms with Gasteiger partial charge in [-0.25, -0.2) is 0 Å². The van der Waals surface area contributed by atoms with Gasteiger partial charge in [-0.3, -0.25) is 4.79 Å². The predicted molar refractivity (Wildman–Crippen MR) is 88.1 cm³/mol. The molecule has 1 aliphatic heterocycles. The maximum Gasteiger partial charge on any atom is 0.258 e. The van der Waals surface area contributed by atoms with Gasteiger partial charge >= 0.3 is 0 Å². The van der Waals surface area contributed by atoms with Crippen molar-refractivity contribution in [3.05, 3.63) is 47.9 Å². The minimum absolute atomic E-state index is 0.0896. The van der Waals surface area contributed by atoms with E-state index in [2.05, 4.69) is 5.16 Å². The number of hydrogen-bond acceptors (Lipinski definition) is 5. The molecule has 2 heterocycles. The second kappa shape index (κ2) is 7.05. The Hall–Kier alpha value is -2.34. The molecule has 0 radical (unpaired) electrons. The van der Waals surface area contributed by atoms with Crippen LogP contribution >= 0.6 is 0 Å². The summed E-state index contributed by atoms with van der Waals surface area (Å²) in [5.41, 5.74) is 1.03. The SMILES string of the molecule is CO[C@@]1(COc2ccccc2C)CCCN(C(=O)c2cnoc2)C1. The first kappa shape index (κ1) is 16.5. The van der Waals surface area contributed by atoms with Crippen LogP contribution < -0.4 is 4.74 Å². The largest absolute Gasteiger partial charge is 0.490 e. The predicted octanol–water partition coefficient (Wildman–Crippen LogP) is 2.68. The van der Waals surface area contributed by atoms with Crippen LogP contribution in [0.3, 0.4) is 0 Å². The summed E-state index contributed by atoms with van der Waals surface area (Å²) < 4.78 is 16.5. The van der Waals surface area contributed by atoms with Crippen molar-refractivity contribution in [3.8, 4) is 5.75 Å². The van der Waals surface area contributed by atoms with Gasteiger partial charge in [0.25, 0.3) is 5.91 Å². The molecule has 0 aliphatic carbocycles. The third-order valence-electron chi connectivity index (χ3n) is 4.52. The molecule has 3 rings (SSSR count). The fourth-order valence-electron chi connectivity index (χ4n) is 3.04. The average molecular weight is 330 g/mol. The lowest BCUT2D eigenvalue weighted by Crippen LogP contribution is -2.54. The Kier molecular flexibility index (Phi) is 4.85. The number of benzene rings is 1. The van der Waals surface area contributed by atoms with Gasteiger partial charge in [-0.2, -0.15) is 0 Å². The molecule has 0 spiro atoms. The maximum absolute atomic E-state index is 12.5. The molecule has 1 aromatic carbocycles. The molecule has 1 aromatic heterocycles. The lowest BCUT2D eigenvalue weighted by molar-refractivity contribution is -0.0825. The topological polar surface area (TPSA) is 64.8 Å². The van der Waals surface area contributed by atoms with Crippen LogP contribution in [-0.2, 0) is 4.74 Å². The summed E-state index contributed by atoms with van der Waals surface area (Å²) in [7, 11) is 1.68. The van der Waals surface area contributed by atoms with Gasteiger partial charge in [-0.1, -0.05) is 23.4 Å². The normalized spacial score (nSPS) is 20.8. The summed E-state index contributed by atoms with van der Waals surface area (Å²) in [5.74, 6) is 0.754. The number of aromatic nitrogens is 1. The second-order valence-electron chi connectivity index (χ2n) is 6.18. The first-order chi connectivity index (χ1) is 11.6. The third kappa shape index (κ3) is 3.43. The number of amides is 1. The molecular formula is C18H22N2O4. The average Bonchev–Trinajstić information content (AvgIpc) is 3.15. The first-order valence-corrected chi connectivity index (χ1v) is 8.06. The summed E-state index contributed by atoms with van der Waals surface area (Å²) in [6.07, 6.45) is 4.52. The molecule has 0 unspecified atom stereocenters. The second-order valence-corrected chi connectivity index (χ2v) is 6.18. The number of aryl methyl sites for hydroxylation is 1. The van der Waals surface area contributed by atoms with Crippen molar-refractivity contribution < 1.29 is 18.8 Å². The van der Waals surface area contributed by atoms with Gasteiger partial charge < -0.3 is 18.9 Å². The molecule has 1 atom stereocenters. The minimum Gasteiger partial charge on any atom is -0.490 e. The molecule has 1 amide bonds. The van der Waals surface area contributed by atoms with E-state index in [1.165, 1.54) is 12.5 Å². The van der Waals surface area contributed by atoms with Crippen molar-refractivity contribution in [1.29, 1.82) is 0 Å². The van der Waals surface area contributed by atoms with E-state index in [1.54, 1.807) is 12.0 Å². The summed E-state index contributed by atoms with van der Waals surface area (Å²) in [6, 6.07) is 7.89. The number of piperidine rings is 1. The van der Waals surface area contributed by atoms with Gasteiger partial charge in [0, 0.05) is 13.7 Å². The maximum atomic E-state index is 12.5. The van der Waals surface area contributed by atoms with Crippen molar-refractivity contribution in [2.75, 3.05) is 26.8 Å². The van der Waals surface area contributed by atoms with Gasteiger partial charge in [0.2, 0.25) is 0 Å². The standard InChI is InChI=1S/C18H22N2O4/c1-14-6-3-4-7-16(14)23-13-18(22-2)8-5-9-20(12-18)17(21)15-10-19-24-11-15/h3-4,6-7,10-11H,5,8-9,12-13H2,1-2H3/t18-/m0/s1. The van der Waals surface area contributed by atoms with Gasteiger partial charge in [-0.05, 0) is 31.4 Å². The number of para-hydroxylation sites is 1. The molecule has 1 fully saturated rings. The Morgan fingerprint density at radius 3 is 2.96 bits per heavy atom. The van der Waals surface area contributed by atoms with Crippen molar-refractivity contribution in [2.45, 2.75) is 25.4 Å². The molecule has 0 saturated carbocycles. The van der Waals surface area contributed by atoms with Crippen LogP contribution in [0.25, 0.3) is 0 Å². The highest BCUT2D eigenvalue weighted by Crippen LogP contribution is 2.28. The third-order valence-corrected chi connectivity index (χ3v) is 4.52. The molecule has 2 aromatic rings. The fourth-order valence-corrected chi connectivity index (χ4v) is 3.04. The van der Waals surface area contributed by atoms with Crippen LogP contribution in [0.15, 0.2) is 41.2 Å². The van der Waals surface area contributed by atoms with E-state index < -0.39 is 5.60 Å². The lowest BCUT2D eigenvalue weighted by atomic mass is 9.93. The number of carbonyl (C=O) groups excluding carboxylic acids is 1. The van der Waals surface area contributed by atoms with Gasteiger partial charge in [-0.15, -0.1) is 0 Å². The van der Waals surface area contributed by atoms with E-state index in [0.717, 1.165) is 24.2 Å². The zero-order valence-electron chi connectivity index (χ0n) is 14.0. The molecule has 6 nitrogen and oxygen atoms in total. The van der Waals surface area contributed by atoms with Crippen molar-refractivity contribution >= 4 is 5.91 Å². The smallest absolute Gasteiger partial charge is 0.258 e. The number of methoxy groups -OCH3 is 1. The van der Waals surface area contributed by atoms with E-state index in [9.17, 15) is 4.79 Å². The number of likely N-dealkylation sites (tertiary alicyclic amines) is 1. The number of ether oxygens (including phenoxy) is 2. The van der Waals surface area contributed by atoms with Crippen LogP contribution in [0.1, 0.15) is 28.8 Å². The van der Waals surface area contributed by atoms with Crippen molar-refractivity contribution in [1.82, 2.24) is 10.1 Å². The summed E-state index contributed by atoms with van der Waals surface area (Å²) in [5, 5.41) is 3.60. The molecule has 0 N–H and O–H groups in total. The molecule has 24 heavy (non-hydrogen) atoms. The van der Waals surface area contributed by atoms with Gasteiger partial charge in [0.15, 0.2) is 0 Å². The van der Waals surface area contributed by atoms with Crippen LogP contribution in [0.5, 0.6) is 5.75 Å². The number of carbonyl (C=O) groups is 1. The van der Waals surface area contributed by atoms with Crippen LogP contribution in [-0.4, -0.2) is 48.4 Å². The highest BCUT2D eigenvalue weighted by Gasteiger charge is 2.38. The number of hydrogen-bond donors (Lipinski definition) is 0. The Labute approximate surface area is 141 Å². The van der Waals surface area contributed by atoms with Gasteiger partial charge in [0.05, 0.1) is 18.3 Å². The van der Waals surface area contributed by atoms with Crippen LogP contribution in [0.2, 0.25) is 0 Å². The molecular weight excluding hydrogens is 308 g/mol. The highest BCUT2D eigenvalue weighted by atomic mass is 16.5. The molecule has 0 bridgehead atoms. The van der Waals surface area contributed by atoms with E-state index >= 15 is 0 Å². The van der Waals surface area contributed by atoms with Gasteiger partial charge in [0.1, 0.15) is 24.2 Å². The van der Waals surface area contributed by atoms with E-state index in [0.29, 0.717) is 25.3 Å². The molecule has 128 valence electrons. The summed E-state index contributed by atoms with van der Waals surface area (Å²) >= 11 is 0.